The lowest BCUT2D eigenvalue weighted by molar-refractivity contribution is -0.0578. The van der Waals surface area contributed by atoms with E-state index in [1.54, 1.807) is 4.57 Å². The van der Waals surface area contributed by atoms with E-state index in [0.29, 0.717) is 30.6 Å². The molecule has 1 aliphatic heterocycles. The Kier molecular flexibility index (Phi) is 4.77. The topological polar surface area (TPSA) is 88.1 Å². The highest BCUT2D eigenvalue weighted by Gasteiger charge is 2.41. The van der Waals surface area contributed by atoms with Crippen LogP contribution in [0.15, 0.2) is 6.33 Å². The van der Waals surface area contributed by atoms with Crippen molar-refractivity contribution in [2.75, 3.05) is 12.3 Å². The number of hydrogen-bond donors (Lipinski definition) is 1. The number of fused-ring (bicyclic) bond motifs is 1. The van der Waals surface area contributed by atoms with Crippen molar-refractivity contribution in [2.24, 2.45) is 0 Å². The van der Waals surface area contributed by atoms with Gasteiger partial charge in [-0.1, -0.05) is 26.7 Å². The number of rotatable bonds is 4. The fraction of sp³-hybridized carbons (Fsp3) is 0.588. The van der Waals surface area contributed by atoms with Crippen molar-refractivity contribution >= 4 is 26.0 Å². The van der Waals surface area contributed by atoms with Gasteiger partial charge in [-0.2, -0.15) is 14.4 Å². The van der Waals surface area contributed by atoms with Crippen LogP contribution in [-0.2, 0) is 9.16 Å². The Bertz CT molecular complexity index is 859. The van der Waals surface area contributed by atoms with Crippen LogP contribution >= 0.6 is 0 Å². The maximum Gasteiger partial charge on any atom is 0.312 e. The normalized spacial score (nSPS) is 23.7. The lowest BCUT2D eigenvalue weighted by atomic mass is 10.0. The molecule has 3 heterocycles. The fourth-order valence-corrected chi connectivity index (χ4v) is 3.63. The molecule has 3 rings (SSSR count). The van der Waals surface area contributed by atoms with Crippen molar-refractivity contribution < 1.29 is 13.6 Å². The van der Waals surface area contributed by atoms with E-state index in [1.807, 2.05) is 0 Å². The van der Waals surface area contributed by atoms with Gasteiger partial charge in [-0.25, -0.2) is 4.98 Å². The average molecular weight is 376 g/mol. The summed E-state index contributed by atoms with van der Waals surface area (Å²) in [6, 6.07) is 0. The van der Waals surface area contributed by atoms with E-state index < -0.39 is 26.9 Å². The SMILES string of the molecule is C#C[C@@]1(CO[Si](C)C(C)(C)C)CC[C@H](n2cnc3c(N)nc(F)nc32)O1. The Morgan fingerprint density at radius 3 is 2.92 bits per heavy atom. The molecular formula is C17H23FN5O2Si. The first kappa shape index (κ1) is 18.8. The lowest BCUT2D eigenvalue weighted by Gasteiger charge is -2.30. The summed E-state index contributed by atoms with van der Waals surface area (Å²) < 4.78 is 27.4. The van der Waals surface area contributed by atoms with E-state index in [-0.39, 0.29) is 10.9 Å². The average Bonchev–Trinajstić information content (AvgIpc) is 3.16. The van der Waals surface area contributed by atoms with Gasteiger partial charge in [0.1, 0.15) is 6.23 Å². The lowest BCUT2D eigenvalue weighted by Crippen LogP contribution is -2.37. The second-order valence-corrected chi connectivity index (χ2v) is 10.4. The van der Waals surface area contributed by atoms with Crippen molar-refractivity contribution in [3.8, 4) is 12.3 Å². The van der Waals surface area contributed by atoms with Crippen molar-refractivity contribution in [3.63, 3.8) is 0 Å². The summed E-state index contributed by atoms with van der Waals surface area (Å²) in [5, 5.41) is 0.102. The summed E-state index contributed by atoms with van der Waals surface area (Å²) >= 11 is 0. The van der Waals surface area contributed by atoms with Gasteiger partial charge in [0.2, 0.25) is 9.04 Å². The summed E-state index contributed by atoms with van der Waals surface area (Å²) in [5.41, 5.74) is 5.54. The van der Waals surface area contributed by atoms with Gasteiger partial charge in [-0.3, -0.25) is 4.57 Å². The van der Waals surface area contributed by atoms with Gasteiger partial charge >= 0.3 is 6.08 Å². The van der Waals surface area contributed by atoms with Crippen LogP contribution < -0.4 is 5.73 Å². The molecule has 2 aromatic rings. The molecule has 9 heteroatoms. The Labute approximate surface area is 153 Å². The minimum absolute atomic E-state index is 0.000745. The predicted molar refractivity (Wildman–Crippen MR) is 97.9 cm³/mol. The van der Waals surface area contributed by atoms with Crippen LogP contribution in [0.4, 0.5) is 10.2 Å². The molecule has 0 aromatic carbocycles. The van der Waals surface area contributed by atoms with Crippen LogP contribution in [0.2, 0.25) is 11.6 Å². The third kappa shape index (κ3) is 3.45. The second kappa shape index (κ2) is 6.61. The highest BCUT2D eigenvalue weighted by Crippen LogP contribution is 2.38. The summed E-state index contributed by atoms with van der Waals surface area (Å²) in [5.74, 6) is 2.75. The molecule has 0 bridgehead atoms. The van der Waals surface area contributed by atoms with Crippen LogP contribution in [0, 0.1) is 18.4 Å². The standard InChI is InChI=1S/C17H23FN5O2Si/c1-6-17(9-24-26(5)16(2,3)4)8-7-11(25-17)23-10-20-12-13(19)21-15(18)22-14(12)23/h1,10-11H,7-9H2,2-5H3,(H2,19,21,22)/t11-,17+/m1/s1. The van der Waals surface area contributed by atoms with E-state index in [4.69, 9.17) is 21.3 Å². The molecule has 0 aliphatic carbocycles. The smallest absolute Gasteiger partial charge is 0.312 e. The van der Waals surface area contributed by atoms with Crippen molar-refractivity contribution in [1.29, 1.82) is 0 Å². The van der Waals surface area contributed by atoms with Crippen LogP contribution in [0.5, 0.6) is 0 Å². The molecule has 0 unspecified atom stereocenters. The Balaban J connectivity index is 1.80. The van der Waals surface area contributed by atoms with Crippen LogP contribution in [0.1, 0.15) is 39.8 Å². The summed E-state index contributed by atoms with van der Waals surface area (Å²) in [6.45, 7) is 8.91. The summed E-state index contributed by atoms with van der Waals surface area (Å²) in [7, 11) is -1.04. The monoisotopic (exact) mass is 376 g/mol. The van der Waals surface area contributed by atoms with E-state index >= 15 is 0 Å². The zero-order chi connectivity index (χ0) is 19.1. The van der Waals surface area contributed by atoms with Gasteiger partial charge in [0, 0.05) is 0 Å². The number of nitrogens with two attached hydrogens (primary N) is 1. The molecule has 1 aliphatic rings. The molecule has 1 saturated heterocycles. The number of nitrogens with zero attached hydrogens (tertiary/aromatic N) is 4. The Morgan fingerprint density at radius 2 is 2.27 bits per heavy atom. The van der Waals surface area contributed by atoms with E-state index in [2.05, 4.69) is 48.2 Å². The maximum absolute atomic E-state index is 13.5. The Hall–Kier alpha value is -2.02. The number of ether oxygens (including phenoxy) is 1. The summed E-state index contributed by atoms with van der Waals surface area (Å²) in [6.07, 6.45) is 7.27. The minimum Gasteiger partial charge on any atom is -0.412 e. The first-order valence-corrected chi connectivity index (χ1v) is 10.3. The molecule has 0 spiro atoms. The van der Waals surface area contributed by atoms with E-state index in [1.165, 1.54) is 6.33 Å². The second-order valence-electron chi connectivity index (χ2n) is 7.55. The minimum atomic E-state index is -1.04. The van der Waals surface area contributed by atoms with Gasteiger partial charge in [-0.15, -0.1) is 6.42 Å². The van der Waals surface area contributed by atoms with Crippen molar-refractivity contribution in [3.05, 3.63) is 12.4 Å². The zero-order valence-electron chi connectivity index (χ0n) is 15.4. The highest BCUT2D eigenvalue weighted by atomic mass is 28.3. The fourth-order valence-electron chi connectivity index (χ4n) is 2.75. The maximum atomic E-state index is 13.5. The number of imidazole rings is 1. The van der Waals surface area contributed by atoms with E-state index in [0.717, 1.165) is 0 Å². The highest BCUT2D eigenvalue weighted by molar-refractivity contribution is 6.53. The number of halogens is 1. The van der Waals surface area contributed by atoms with Gasteiger partial charge < -0.3 is 14.9 Å². The van der Waals surface area contributed by atoms with Gasteiger partial charge in [0.25, 0.3) is 0 Å². The third-order valence-electron chi connectivity index (χ3n) is 4.73. The Morgan fingerprint density at radius 1 is 1.54 bits per heavy atom. The largest absolute Gasteiger partial charge is 0.412 e. The number of terminal acetylenes is 1. The van der Waals surface area contributed by atoms with Crippen LogP contribution in [0.3, 0.4) is 0 Å². The molecule has 139 valence electrons. The van der Waals surface area contributed by atoms with Crippen molar-refractivity contribution in [2.45, 2.75) is 57.0 Å². The van der Waals surface area contributed by atoms with Crippen LogP contribution in [0.25, 0.3) is 11.2 Å². The first-order valence-electron chi connectivity index (χ1n) is 8.43. The molecule has 2 aromatic heterocycles. The summed E-state index contributed by atoms with van der Waals surface area (Å²) in [4.78, 5) is 11.5. The number of hydrogen-bond acceptors (Lipinski definition) is 6. The molecule has 1 radical (unpaired) electrons. The molecular weight excluding hydrogens is 353 g/mol. The predicted octanol–water partition coefficient (Wildman–Crippen LogP) is 2.67. The number of anilines is 1. The van der Waals surface area contributed by atoms with Crippen molar-refractivity contribution in [1.82, 2.24) is 19.5 Å². The quantitative estimate of drug-likeness (QED) is 0.501. The molecule has 1 fully saturated rings. The van der Waals surface area contributed by atoms with E-state index in [9.17, 15) is 4.39 Å². The van der Waals surface area contributed by atoms with Gasteiger partial charge in [0.15, 0.2) is 22.6 Å². The zero-order valence-corrected chi connectivity index (χ0v) is 16.4. The molecule has 2 atom stereocenters. The first-order chi connectivity index (χ1) is 12.1. The molecule has 0 saturated carbocycles. The molecule has 26 heavy (non-hydrogen) atoms. The molecule has 2 N–H and O–H groups in total. The number of nitrogen functional groups attached to an aromatic ring is 1. The number of aromatic nitrogens is 4. The van der Waals surface area contributed by atoms with Gasteiger partial charge in [0.05, 0.1) is 12.9 Å². The van der Waals surface area contributed by atoms with Crippen LogP contribution in [-0.4, -0.2) is 40.8 Å². The van der Waals surface area contributed by atoms with Gasteiger partial charge in [-0.05, 0) is 24.4 Å². The molecule has 7 nitrogen and oxygen atoms in total. The molecule has 0 amide bonds. The third-order valence-corrected chi connectivity index (χ3v) is 7.42.